The first-order valence-electron chi connectivity index (χ1n) is 7.56. The lowest BCUT2D eigenvalue weighted by Crippen LogP contribution is -2.65. The van der Waals surface area contributed by atoms with Gasteiger partial charge in [0.2, 0.25) is 5.91 Å². The van der Waals surface area contributed by atoms with E-state index >= 15 is 0 Å². The molecular formula is C15H22N2O. The molecule has 3 heteroatoms. The van der Waals surface area contributed by atoms with E-state index in [0.717, 1.165) is 30.8 Å². The van der Waals surface area contributed by atoms with Crippen LogP contribution in [-0.2, 0) is 4.79 Å². The Morgan fingerprint density at radius 3 is 2.89 bits per heavy atom. The molecular weight excluding hydrogens is 224 g/mol. The average molecular weight is 246 g/mol. The average Bonchev–Trinajstić information content (AvgIpc) is 2.41. The Morgan fingerprint density at radius 2 is 2.00 bits per heavy atom. The molecule has 0 aliphatic carbocycles. The van der Waals surface area contributed by atoms with Crippen LogP contribution in [0.5, 0.6) is 0 Å². The Kier molecular flexibility index (Phi) is 2.51. The third kappa shape index (κ3) is 1.49. The first-order valence-corrected chi connectivity index (χ1v) is 7.56. The molecule has 3 fully saturated rings. The minimum Gasteiger partial charge on any atom is -0.335 e. The van der Waals surface area contributed by atoms with E-state index < -0.39 is 0 Å². The molecule has 0 aromatic rings. The summed E-state index contributed by atoms with van der Waals surface area (Å²) in [5, 5.41) is 0. The Labute approximate surface area is 109 Å². The van der Waals surface area contributed by atoms with Crippen LogP contribution in [0.2, 0.25) is 0 Å². The van der Waals surface area contributed by atoms with Gasteiger partial charge in [-0.1, -0.05) is 6.08 Å². The normalized spacial score (nSPS) is 43.6. The van der Waals surface area contributed by atoms with Gasteiger partial charge in [-0.05, 0) is 63.1 Å². The van der Waals surface area contributed by atoms with Gasteiger partial charge in [-0.15, -0.1) is 0 Å². The molecule has 18 heavy (non-hydrogen) atoms. The summed E-state index contributed by atoms with van der Waals surface area (Å²) in [6, 6.07) is 1.29. The summed E-state index contributed by atoms with van der Waals surface area (Å²) in [5.74, 6) is 1.76. The second-order valence-electron chi connectivity index (χ2n) is 6.43. The number of amides is 1. The van der Waals surface area contributed by atoms with Crippen molar-refractivity contribution in [2.24, 2.45) is 11.8 Å². The number of rotatable bonds is 0. The molecule has 4 rings (SSSR count). The smallest absolute Gasteiger partial charge is 0.246 e. The Balaban J connectivity index is 1.68. The number of nitrogens with zero attached hydrogens (tertiary/aromatic N) is 2. The van der Waals surface area contributed by atoms with Crippen LogP contribution in [0.15, 0.2) is 12.2 Å². The van der Waals surface area contributed by atoms with E-state index in [4.69, 9.17) is 0 Å². The standard InChI is InChI=1S/C15H22N2O/c18-14-7-1-6-13-12-5-3-9-16-8-2-4-11(15(12)16)10-17(13)14/h1,7,11-13,15H,2-6,8-10H2/t11-,12+,13+,15?/m0/s1. The van der Waals surface area contributed by atoms with Crippen LogP contribution < -0.4 is 0 Å². The molecule has 4 aliphatic rings. The first-order chi connectivity index (χ1) is 8.84. The monoisotopic (exact) mass is 246 g/mol. The minimum absolute atomic E-state index is 0.271. The van der Waals surface area contributed by atoms with Crippen molar-refractivity contribution in [3.05, 3.63) is 12.2 Å². The van der Waals surface area contributed by atoms with E-state index in [9.17, 15) is 4.79 Å². The molecule has 0 saturated carbocycles. The third-order valence-electron chi connectivity index (χ3n) is 5.59. The van der Waals surface area contributed by atoms with Gasteiger partial charge in [-0.25, -0.2) is 0 Å². The summed E-state index contributed by atoms with van der Waals surface area (Å²) in [5.41, 5.74) is 0. The Morgan fingerprint density at radius 1 is 1.17 bits per heavy atom. The third-order valence-corrected chi connectivity index (χ3v) is 5.59. The van der Waals surface area contributed by atoms with Gasteiger partial charge in [0.1, 0.15) is 0 Å². The van der Waals surface area contributed by atoms with Crippen molar-refractivity contribution in [3.63, 3.8) is 0 Å². The van der Waals surface area contributed by atoms with Crippen LogP contribution in [0, 0.1) is 11.8 Å². The lowest BCUT2D eigenvalue weighted by Gasteiger charge is -2.57. The number of piperidine rings is 3. The van der Waals surface area contributed by atoms with E-state index in [2.05, 4.69) is 15.9 Å². The van der Waals surface area contributed by atoms with Crippen molar-refractivity contribution in [2.45, 2.75) is 44.2 Å². The summed E-state index contributed by atoms with van der Waals surface area (Å²) in [6.07, 6.45) is 10.3. The molecule has 0 spiro atoms. The lowest BCUT2D eigenvalue weighted by molar-refractivity contribution is -0.141. The van der Waals surface area contributed by atoms with Crippen molar-refractivity contribution in [2.75, 3.05) is 19.6 Å². The van der Waals surface area contributed by atoms with Gasteiger partial charge in [-0.3, -0.25) is 9.69 Å². The van der Waals surface area contributed by atoms with Gasteiger partial charge in [0, 0.05) is 18.6 Å². The van der Waals surface area contributed by atoms with E-state index in [1.807, 2.05) is 0 Å². The molecule has 1 amide bonds. The van der Waals surface area contributed by atoms with Crippen molar-refractivity contribution < 1.29 is 4.79 Å². The summed E-state index contributed by atoms with van der Waals surface area (Å²) < 4.78 is 0. The molecule has 4 atom stereocenters. The van der Waals surface area contributed by atoms with Crippen molar-refractivity contribution in [1.29, 1.82) is 0 Å². The summed E-state index contributed by atoms with van der Waals surface area (Å²) in [4.78, 5) is 17.0. The highest BCUT2D eigenvalue weighted by Crippen LogP contribution is 2.43. The predicted molar refractivity (Wildman–Crippen MR) is 70.1 cm³/mol. The van der Waals surface area contributed by atoms with Gasteiger partial charge in [0.05, 0.1) is 0 Å². The van der Waals surface area contributed by atoms with E-state index in [1.165, 1.54) is 38.8 Å². The fraction of sp³-hybridized carbons (Fsp3) is 0.800. The highest BCUT2D eigenvalue weighted by Gasteiger charge is 2.49. The largest absolute Gasteiger partial charge is 0.335 e. The maximum Gasteiger partial charge on any atom is 0.246 e. The zero-order valence-corrected chi connectivity index (χ0v) is 10.9. The Hall–Kier alpha value is -0.830. The topological polar surface area (TPSA) is 23.6 Å². The number of hydrogen-bond donors (Lipinski definition) is 0. The highest BCUT2D eigenvalue weighted by atomic mass is 16.2. The highest BCUT2D eigenvalue weighted by molar-refractivity contribution is 5.88. The fourth-order valence-electron chi connectivity index (χ4n) is 4.95. The second kappa shape index (κ2) is 4.09. The summed E-state index contributed by atoms with van der Waals surface area (Å²) >= 11 is 0. The number of hydrogen-bond acceptors (Lipinski definition) is 2. The molecule has 0 aromatic heterocycles. The fourth-order valence-corrected chi connectivity index (χ4v) is 4.95. The molecule has 0 bridgehead atoms. The molecule has 1 unspecified atom stereocenters. The molecule has 98 valence electrons. The van der Waals surface area contributed by atoms with Crippen molar-refractivity contribution in [1.82, 2.24) is 9.80 Å². The van der Waals surface area contributed by atoms with Crippen molar-refractivity contribution >= 4 is 5.91 Å². The molecule has 3 saturated heterocycles. The maximum atomic E-state index is 12.1. The van der Waals surface area contributed by atoms with Crippen LogP contribution in [-0.4, -0.2) is 47.4 Å². The molecule has 0 aromatic carbocycles. The summed E-state index contributed by atoms with van der Waals surface area (Å²) in [7, 11) is 0. The van der Waals surface area contributed by atoms with Crippen LogP contribution in [0.1, 0.15) is 32.1 Å². The first kappa shape index (κ1) is 11.0. The van der Waals surface area contributed by atoms with E-state index in [1.54, 1.807) is 6.08 Å². The van der Waals surface area contributed by atoms with Crippen LogP contribution in [0.25, 0.3) is 0 Å². The van der Waals surface area contributed by atoms with E-state index in [0.29, 0.717) is 6.04 Å². The van der Waals surface area contributed by atoms with Crippen molar-refractivity contribution in [3.8, 4) is 0 Å². The SMILES string of the molecule is O=C1C=CC[C@@H]2[C@H]3CCCN4CCC[C@@H](CN12)C34. The Bertz CT molecular complexity index is 390. The van der Waals surface area contributed by atoms with E-state index in [-0.39, 0.29) is 5.91 Å². The van der Waals surface area contributed by atoms with Crippen LogP contribution >= 0.6 is 0 Å². The second-order valence-corrected chi connectivity index (χ2v) is 6.43. The van der Waals surface area contributed by atoms with Gasteiger partial charge in [-0.2, -0.15) is 0 Å². The molecule has 0 N–H and O–H groups in total. The van der Waals surface area contributed by atoms with Gasteiger partial charge in [0.25, 0.3) is 0 Å². The number of carbonyl (C=O) groups is 1. The number of fused-ring (bicyclic) bond motifs is 2. The minimum atomic E-state index is 0.271. The van der Waals surface area contributed by atoms with Gasteiger partial charge >= 0.3 is 0 Å². The molecule has 3 nitrogen and oxygen atoms in total. The van der Waals surface area contributed by atoms with Crippen LogP contribution in [0.4, 0.5) is 0 Å². The quantitative estimate of drug-likeness (QED) is 0.649. The molecule has 4 aliphatic heterocycles. The van der Waals surface area contributed by atoms with Gasteiger partial charge in [0.15, 0.2) is 0 Å². The summed E-state index contributed by atoms with van der Waals surface area (Å²) in [6.45, 7) is 3.62. The lowest BCUT2D eigenvalue weighted by atomic mass is 9.68. The molecule has 4 heterocycles. The maximum absolute atomic E-state index is 12.1. The van der Waals surface area contributed by atoms with Crippen LogP contribution in [0.3, 0.4) is 0 Å². The van der Waals surface area contributed by atoms with Gasteiger partial charge < -0.3 is 4.90 Å². The predicted octanol–water partition coefficient (Wildman–Crippen LogP) is 1.65. The zero-order chi connectivity index (χ0) is 12.1. The zero-order valence-electron chi connectivity index (χ0n) is 10.9. The molecule has 0 radical (unpaired) electrons. The number of carbonyl (C=O) groups excluding carboxylic acids is 1.